The summed E-state index contributed by atoms with van der Waals surface area (Å²) in [5, 5.41) is 1.31. The molecule has 0 unspecified atom stereocenters. The maximum atomic E-state index is 5.46. The van der Waals surface area contributed by atoms with Gasteiger partial charge in [-0.15, -0.1) is 11.8 Å². The van der Waals surface area contributed by atoms with Gasteiger partial charge < -0.3 is 9.72 Å². The summed E-state index contributed by atoms with van der Waals surface area (Å²) >= 11 is 1.85. The van der Waals surface area contributed by atoms with Gasteiger partial charge in [0.2, 0.25) is 0 Å². The maximum absolute atomic E-state index is 5.46. The Kier molecular flexibility index (Phi) is 4.31. The van der Waals surface area contributed by atoms with Gasteiger partial charge >= 0.3 is 0 Å². The van der Waals surface area contributed by atoms with Crippen molar-refractivity contribution < 1.29 is 4.74 Å². The van der Waals surface area contributed by atoms with Crippen LogP contribution in [0.1, 0.15) is 13.3 Å². The van der Waals surface area contributed by atoms with E-state index in [0.717, 1.165) is 25.4 Å². The van der Waals surface area contributed by atoms with Crippen molar-refractivity contribution >= 4 is 22.7 Å². The summed E-state index contributed by atoms with van der Waals surface area (Å²) < 4.78 is 5.46. The molecule has 0 aliphatic rings. The van der Waals surface area contributed by atoms with Gasteiger partial charge in [0.15, 0.2) is 0 Å². The smallest absolute Gasteiger partial charge is 0.0560 e. The summed E-state index contributed by atoms with van der Waals surface area (Å²) in [5.74, 6) is 1.02. The molecule has 3 heteroatoms. The summed E-state index contributed by atoms with van der Waals surface area (Å²) in [6.07, 6.45) is 3.17. The standard InChI is InChI=1S/C13H17NOS/c1-2-7-15-8-9-16-13-10-14-12-6-4-3-5-11(12)13/h3-6,10,14H,2,7-9H2,1H3. The fourth-order valence-electron chi connectivity index (χ4n) is 1.62. The van der Waals surface area contributed by atoms with Gasteiger partial charge in [0.05, 0.1) is 6.61 Å². The average Bonchev–Trinajstić information content (AvgIpc) is 2.73. The van der Waals surface area contributed by atoms with Gasteiger partial charge in [-0.3, -0.25) is 0 Å². The van der Waals surface area contributed by atoms with Crippen molar-refractivity contribution in [1.82, 2.24) is 4.98 Å². The molecule has 1 N–H and O–H groups in total. The van der Waals surface area contributed by atoms with Crippen molar-refractivity contribution in [2.24, 2.45) is 0 Å². The Hall–Kier alpha value is -0.930. The van der Waals surface area contributed by atoms with Crippen LogP contribution in [0.15, 0.2) is 35.4 Å². The molecule has 2 nitrogen and oxygen atoms in total. The number of nitrogens with one attached hydrogen (secondary N) is 1. The largest absolute Gasteiger partial charge is 0.381 e. The van der Waals surface area contributed by atoms with Crippen LogP contribution in [0.3, 0.4) is 0 Å². The fraction of sp³-hybridized carbons (Fsp3) is 0.385. The highest BCUT2D eigenvalue weighted by molar-refractivity contribution is 7.99. The number of para-hydroxylation sites is 1. The fourth-order valence-corrected chi connectivity index (χ4v) is 2.52. The number of hydrogen-bond acceptors (Lipinski definition) is 2. The predicted molar refractivity (Wildman–Crippen MR) is 70.1 cm³/mol. The summed E-state index contributed by atoms with van der Waals surface area (Å²) in [6, 6.07) is 8.39. The van der Waals surface area contributed by atoms with Crippen LogP contribution in [0.4, 0.5) is 0 Å². The van der Waals surface area contributed by atoms with Crippen LogP contribution >= 0.6 is 11.8 Å². The Morgan fingerprint density at radius 2 is 2.12 bits per heavy atom. The third-order valence-electron chi connectivity index (χ3n) is 2.38. The minimum absolute atomic E-state index is 0.831. The molecule has 86 valence electrons. The van der Waals surface area contributed by atoms with Crippen molar-refractivity contribution in [3.8, 4) is 0 Å². The van der Waals surface area contributed by atoms with Crippen LogP contribution < -0.4 is 0 Å². The van der Waals surface area contributed by atoms with E-state index >= 15 is 0 Å². The Morgan fingerprint density at radius 3 is 3.00 bits per heavy atom. The molecule has 1 aromatic carbocycles. The highest BCUT2D eigenvalue weighted by Gasteiger charge is 2.02. The van der Waals surface area contributed by atoms with Gasteiger partial charge in [0.25, 0.3) is 0 Å². The van der Waals surface area contributed by atoms with Crippen LogP contribution in [0.2, 0.25) is 0 Å². The van der Waals surface area contributed by atoms with E-state index in [-0.39, 0.29) is 0 Å². The third-order valence-corrected chi connectivity index (χ3v) is 3.40. The van der Waals surface area contributed by atoms with Crippen LogP contribution in [0.5, 0.6) is 0 Å². The zero-order valence-corrected chi connectivity index (χ0v) is 10.3. The summed E-state index contributed by atoms with van der Waals surface area (Å²) in [4.78, 5) is 4.59. The summed E-state index contributed by atoms with van der Waals surface area (Å²) in [7, 11) is 0. The molecule has 0 aliphatic carbocycles. The normalized spacial score (nSPS) is 11.1. The van der Waals surface area contributed by atoms with Crippen molar-refractivity contribution in [1.29, 1.82) is 0 Å². The van der Waals surface area contributed by atoms with E-state index < -0.39 is 0 Å². The Bertz CT molecular complexity index is 438. The first-order valence-corrected chi connectivity index (χ1v) is 6.67. The molecule has 0 fully saturated rings. The molecule has 0 spiro atoms. The van der Waals surface area contributed by atoms with Gasteiger partial charge in [-0.2, -0.15) is 0 Å². The minimum Gasteiger partial charge on any atom is -0.381 e. The number of thioether (sulfide) groups is 1. The first-order chi connectivity index (χ1) is 7.92. The second-order valence-corrected chi connectivity index (χ2v) is 4.80. The number of benzene rings is 1. The SMILES string of the molecule is CCCOCCSc1c[nH]c2ccccc12. The molecule has 0 atom stereocenters. The highest BCUT2D eigenvalue weighted by atomic mass is 32.2. The number of rotatable bonds is 6. The zero-order chi connectivity index (χ0) is 11.2. The molecule has 0 saturated heterocycles. The average molecular weight is 235 g/mol. The van der Waals surface area contributed by atoms with Crippen LogP contribution in [0.25, 0.3) is 10.9 Å². The van der Waals surface area contributed by atoms with Crippen molar-refractivity contribution in [3.05, 3.63) is 30.5 Å². The highest BCUT2D eigenvalue weighted by Crippen LogP contribution is 2.27. The van der Waals surface area contributed by atoms with Crippen LogP contribution in [0, 0.1) is 0 Å². The molecular formula is C13H17NOS. The van der Waals surface area contributed by atoms with Gasteiger partial charge in [-0.05, 0) is 12.5 Å². The van der Waals surface area contributed by atoms with E-state index in [9.17, 15) is 0 Å². The van der Waals surface area contributed by atoms with E-state index in [1.165, 1.54) is 15.8 Å². The molecule has 0 saturated carbocycles. The number of H-pyrrole nitrogens is 1. The minimum atomic E-state index is 0.831. The number of hydrogen-bond donors (Lipinski definition) is 1. The molecule has 2 rings (SSSR count). The lowest BCUT2D eigenvalue weighted by molar-refractivity contribution is 0.151. The van der Waals surface area contributed by atoms with E-state index in [0.29, 0.717) is 0 Å². The lowest BCUT2D eigenvalue weighted by Crippen LogP contribution is -1.97. The van der Waals surface area contributed by atoms with E-state index in [4.69, 9.17) is 4.74 Å². The van der Waals surface area contributed by atoms with Gasteiger partial charge in [0.1, 0.15) is 0 Å². The molecule has 0 aliphatic heterocycles. The molecule has 2 aromatic rings. The summed E-state index contributed by atoms with van der Waals surface area (Å²) in [5.41, 5.74) is 1.21. The first kappa shape index (κ1) is 11.6. The zero-order valence-electron chi connectivity index (χ0n) is 9.53. The number of ether oxygens (including phenoxy) is 1. The lowest BCUT2D eigenvalue weighted by Gasteiger charge is -2.01. The van der Waals surface area contributed by atoms with Gasteiger partial charge in [-0.25, -0.2) is 0 Å². The van der Waals surface area contributed by atoms with Crippen LogP contribution in [-0.2, 0) is 4.74 Å². The maximum Gasteiger partial charge on any atom is 0.0560 e. The van der Waals surface area contributed by atoms with Crippen LogP contribution in [-0.4, -0.2) is 24.0 Å². The summed E-state index contributed by atoms with van der Waals surface area (Å²) in [6.45, 7) is 3.83. The number of fused-ring (bicyclic) bond motifs is 1. The third kappa shape index (κ3) is 2.80. The van der Waals surface area contributed by atoms with E-state index in [1.54, 1.807) is 0 Å². The van der Waals surface area contributed by atoms with E-state index in [2.05, 4.69) is 42.4 Å². The number of aromatic nitrogens is 1. The number of aromatic amines is 1. The monoisotopic (exact) mass is 235 g/mol. The Balaban J connectivity index is 1.89. The second-order valence-electron chi connectivity index (χ2n) is 3.66. The molecule has 0 radical (unpaired) electrons. The Labute approximate surface area is 100 Å². The quantitative estimate of drug-likeness (QED) is 0.610. The van der Waals surface area contributed by atoms with Gasteiger partial charge in [-0.1, -0.05) is 25.1 Å². The van der Waals surface area contributed by atoms with Crippen molar-refractivity contribution in [2.45, 2.75) is 18.2 Å². The molecular weight excluding hydrogens is 218 g/mol. The van der Waals surface area contributed by atoms with Crippen molar-refractivity contribution in [3.63, 3.8) is 0 Å². The molecule has 1 heterocycles. The van der Waals surface area contributed by atoms with Gasteiger partial charge in [0, 0.05) is 34.4 Å². The van der Waals surface area contributed by atoms with E-state index in [1.807, 2.05) is 11.8 Å². The first-order valence-electron chi connectivity index (χ1n) is 5.68. The second kappa shape index (κ2) is 5.97. The predicted octanol–water partition coefficient (Wildman–Crippen LogP) is 3.69. The molecule has 16 heavy (non-hydrogen) atoms. The molecule has 0 amide bonds. The lowest BCUT2D eigenvalue weighted by atomic mass is 10.2. The topological polar surface area (TPSA) is 25.0 Å². The van der Waals surface area contributed by atoms with Crippen molar-refractivity contribution in [2.75, 3.05) is 19.0 Å². The molecule has 0 bridgehead atoms. The molecule has 1 aromatic heterocycles. The Morgan fingerprint density at radius 1 is 1.25 bits per heavy atom.